The Bertz CT molecular complexity index is 385. The Morgan fingerprint density at radius 3 is 2.59 bits per heavy atom. The molecule has 4 heteroatoms. The molecule has 1 aromatic rings. The van der Waals surface area contributed by atoms with E-state index in [1.54, 1.807) is 6.07 Å². The SMILES string of the molecule is Nc1cncc(C(=O)OC2CCCCCC2)c1. The van der Waals surface area contributed by atoms with E-state index in [4.69, 9.17) is 10.5 Å². The number of carbonyl (C=O) groups is 1. The molecule has 1 aliphatic rings. The van der Waals surface area contributed by atoms with E-state index in [9.17, 15) is 4.79 Å². The molecule has 0 atom stereocenters. The third-order valence-electron chi connectivity index (χ3n) is 3.07. The zero-order chi connectivity index (χ0) is 12.1. The smallest absolute Gasteiger partial charge is 0.340 e. The first kappa shape index (κ1) is 11.9. The van der Waals surface area contributed by atoms with Crippen molar-refractivity contribution >= 4 is 11.7 Å². The summed E-state index contributed by atoms with van der Waals surface area (Å²) in [4.78, 5) is 15.8. The Labute approximate surface area is 101 Å². The number of esters is 1. The van der Waals surface area contributed by atoms with Crippen LogP contribution in [0.3, 0.4) is 0 Å². The van der Waals surface area contributed by atoms with Crippen molar-refractivity contribution < 1.29 is 9.53 Å². The van der Waals surface area contributed by atoms with Gasteiger partial charge in [-0.1, -0.05) is 12.8 Å². The summed E-state index contributed by atoms with van der Waals surface area (Å²) in [7, 11) is 0. The maximum Gasteiger partial charge on any atom is 0.340 e. The van der Waals surface area contributed by atoms with Gasteiger partial charge in [-0.15, -0.1) is 0 Å². The van der Waals surface area contributed by atoms with Crippen molar-refractivity contribution in [2.45, 2.75) is 44.6 Å². The number of aromatic nitrogens is 1. The predicted molar refractivity (Wildman–Crippen MR) is 65.6 cm³/mol. The van der Waals surface area contributed by atoms with Gasteiger partial charge in [0.1, 0.15) is 6.10 Å². The summed E-state index contributed by atoms with van der Waals surface area (Å²) in [5.74, 6) is -0.309. The molecule has 0 amide bonds. The van der Waals surface area contributed by atoms with Crippen molar-refractivity contribution in [1.82, 2.24) is 4.98 Å². The minimum Gasteiger partial charge on any atom is -0.459 e. The maximum atomic E-state index is 11.9. The third-order valence-corrected chi connectivity index (χ3v) is 3.07. The molecule has 1 fully saturated rings. The van der Waals surface area contributed by atoms with Crippen LogP contribution in [0.4, 0.5) is 5.69 Å². The number of nitrogen functional groups attached to an aromatic ring is 1. The minimum absolute atomic E-state index is 0.0615. The zero-order valence-electron chi connectivity index (χ0n) is 9.89. The van der Waals surface area contributed by atoms with Crippen LogP contribution < -0.4 is 5.73 Å². The summed E-state index contributed by atoms with van der Waals surface area (Å²) in [5, 5.41) is 0. The molecule has 0 saturated heterocycles. The van der Waals surface area contributed by atoms with Gasteiger partial charge in [0.15, 0.2) is 0 Å². The molecule has 17 heavy (non-hydrogen) atoms. The molecule has 0 unspecified atom stereocenters. The van der Waals surface area contributed by atoms with Gasteiger partial charge in [0.2, 0.25) is 0 Å². The minimum atomic E-state index is -0.309. The molecule has 1 aromatic heterocycles. The monoisotopic (exact) mass is 234 g/mol. The van der Waals surface area contributed by atoms with Crippen molar-refractivity contribution in [3.63, 3.8) is 0 Å². The second kappa shape index (κ2) is 5.66. The highest BCUT2D eigenvalue weighted by atomic mass is 16.5. The lowest BCUT2D eigenvalue weighted by atomic mass is 10.1. The molecule has 4 nitrogen and oxygen atoms in total. The number of nitrogens with two attached hydrogens (primary N) is 1. The van der Waals surface area contributed by atoms with Gasteiger partial charge in [-0.25, -0.2) is 4.79 Å². The lowest BCUT2D eigenvalue weighted by molar-refractivity contribution is 0.0267. The molecule has 0 spiro atoms. The molecule has 1 heterocycles. The van der Waals surface area contributed by atoms with Crippen LogP contribution in [0.25, 0.3) is 0 Å². The fourth-order valence-corrected chi connectivity index (χ4v) is 2.15. The zero-order valence-corrected chi connectivity index (χ0v) is 9.89. The highest BCUT2D eigenvalue weighted by Crippen LogP contribution is 2.21. The first-order valence-electron chi connectivity index (χ1n) is 6.17. The van der Waals surface area contributed by atoms with Gasteiger partial charge in [-0.05, 0) is 31.7 Å². The van der Waals surface area contributed by atoms with Crippen molar-refractivity contribution in [2.75, 3.05) is 5.73 Å². The number of rotatable bonds is 2. The average Bonchev–Trinajstić information content (AvgIpc) is 2.57. The molecule has 1 saturated carbocycles. The summed E-state index contributed by atoms with van der Waals surface area (Å²) in [6.45, 7) is 0. The summed E-state index contributed by atoms with van der Waals surface area (Å²) in [6, 6.07) is 1.60. The summed E-state index contributed by atoms with van der Waals surface area (Å²) < 4.78 is 5.48. The first-order chi connectivity index (χ1) is 8.25. The number of ether oxygens (including phenoxy) is 1. The fraction of sp³-hybridized carbons (Fsp3) is 0.538. The van der Waals surface area contributed by atoms with Crippen molar-refractivity contribution in [2.24, 2.45) is 0 Å². The van der Waals surface area contributed by atoms with Gasteiger partial charge < -0.3 is 10.5 Å². The lowest BCUT2D eigenvalue weighted by Gasteiger charge is -2.15. The summed E-state index contributed by atoms with van der Waals surface area (Å²) in [6.07, 6.45) is 9.80. The molecule has 0 aromatic carbocycles. The fourth-order valence-electron chi connectivity index (χ4n) is 2.15. The lowest BCUT2D eigenvalue weighted by Crippen LogP contribution is -2.17. The molecular formula is C13H18N2O2. The van der Waals surface area contributed by atoms with Crippen LogP contribution in [0.2, 0.25) is 0 Å². The Morgan fingerprint density at radius 2 is 1.94 bits per heavy atom. The number of nitrogens with zero attached hydrogens (tertiary/aromatic N) is 1. The Morgan fingerprint density at radius 1 is 1.24 bits per heavy atom. The standard InChI is InChI=1S/C13H18N2O2/c14-11-7-10(8-15-9-11)13(16)17-12-5-3-1-2-4-6-12/h7-9,12H,1-6,14H2. The van der Waals surface area contributed by atoms with Gasteiger partial charge in [0.25, 0.3) is 0 Å². The Kier molecular flexibility index (Phi) is 3.96. The predicted octanol–water partition coefficient (Wildman–Crippen LogP) is 2.54. The summed E-state index contributed by atoms with van der Waals surface area (Å²) >= 11 is 0. The quantitative estimate of drug-likeness (QED) is 0.631. The van der Waals surface area contributed by atoms with Crippen LogP contribution in [-0.4, -0.2) is 17.1 Å². The highest BCUT2D eigenvalue weighted by molar-refractivity contribution is 5.90. The number of pyridine rings is 1. The molecule has 92 valence electrons. The molecule has 1 aliphatic carbocycles. The second-order valence-electron chi connectivity index (χ2n) is 4.53. The number of anilines is 1. The number of hydrogen-bond donors (Lipinski definition) is 1. The van der Waals surface area contributed by atoms with Gasteiger partial charge in [-0.2, -0.15) is 0 Å². The van der Waals surface area contributed by atoms with Crippen LogP contribution in [0, 0.1) is 0 Å². The van der Waals surface area contributed by atoms with Crippen LogP contribution >= 0.6 is 0 Å². The summed E-state index contributed by atoms with van der Waals surface area (Å²) in [5.41, 5.74) is 6.51. The van der Waals surface area contributed by atoms with E-state index in [-0.39, 0.29) is 12.1 Å². The van der Waals surface area contributed by atoms with Gasteiger partial charge in [-0.3, -0.25) is 4.98 Å². The van der Waals surface area contributed by atoms with E-state index in [1.807, 2.05) is 0 Å². The Hall–Kier alpha value is -1.58. The number of carbonyl (C=O) groups excluding carboxylic acids is 1. The molecule has 2 rings (SSSR count). The van der Waals surface area contributed by atoms with Crippen LogP contribution in [0.5, 0.6) is 0 Å². The van der Waals surface area contributed by atoms with Crippen LogP contribution in [0.1, 0.15) is 48.9 Å². The van der Waals surface area contributed by atoms with Crippen molar-refractivity contribution in [1.29, 1.82) is 0 Å². The molecule has 0 aliphatic heterocycles. The Balaban J connectivity index is 1.96. The van der Waals surface area contributed by atoms with Crippen LogP contribution in [0.15, 0.2) is 18.5 Å². The van der Waals surface area contributed by atoms with Gasteiger partial charge in [0, 0.05) is 12.4 Å². The van der Waals surface area contributed by atoms with Crippen LogP contribution in [-0.2, 0) is 4.74 Å². The average molecular weight is 234 g/mol. The van der Waals surface area contributed by atoms with E-state index in [0.29, 0.717) is 11.3 Å². The normalized spacial score (nSPS) is 17.4. The molecule has 2 N–H and O–H groups in total. The maximum absolute atomic E-state index is 11.9. The third kappa shape index (κ3) is 3.44. The van der Waals surface area contributed by atoms with Crippen molar-refractivity contribution in [3.05, 3.63) is 24.0 Å². The highest BCUT2D eigenvalue weighted by Gasteiger charge is 2.17. The van der Waals surface area contributed by atoms with E-state index in [0.717, 1.165) is 25.7 Å². The number of hydrogen-bond acceptors (Lipinski definition) is 4. The van der Waals surface area contributed by atoms with Gasteiger partial charge >= 0.3 is 5.97 Å². The van der Waals surface area contributed by atoms with Crippen molar-refractivity contribution in [3.8, 4) is 0 Å². The largest absolute Gasteiger partial charge is 0.459 e. The topological polar surface area (TPSA) is 65.2 Å². The molecule has 0 bridgehead atoms. The second-order valence-corrected chi connectivity index (χ2v) is 4.53. The molecular weight excluding hydrogens is 216 g/mol. The first-order valence-corrected chi connectivity index (χ1v) is 6.17. The van der Waals surface area contributed by atoms with E-state index in [2.05, 4.69) is 4.98 Å². The molecule has 0 radical (unpaired) electrons. The van der Waals surface area contributed by atoms with Gasteiger partial charge in [0.05, 0.1) is 11.3 Å². The van der Waals surface area contributed by atoms with E-state index in [1.165, 1.54) is 25.2 Å². The van der Waals surface area contributed by atoms with E-state index < -0.39 is 0 Å². The van der Waals surface area contributed by atoms with E-state index >= 15 is 0 Å².